The second-order valence-electron chi connectivity index (χ2n) is 5.27. The smallest absolute Gasteiger partial charge is 0.164 e. The van der Waals surface area contributed by atoms with Crippen LogP contribution >= 0.6 is 0 Å². The fourth-order valence-electron chi connectivity index (χ4n) is 2.12. The van der Waals surface area contributed by atoms with Crippen molar-refractivity contribution in [1.82, 2.24) is 19.7 Å². The van der Waals surface area contributed by atoms with Crippen LogP contribution in [0.2, 0.25) is 0 Å². The van der Waals surface area contributed by atoms with Gasteiger partial charge < -0.3 is 10.5 Å². The summed E-state index contributed by atoms with van der Waals surface area (Å²) in [4.78, 5) is 8.76. The number of aryl methyl sites for hydroxylation is 2. The minimum Gasteiger partial charge on any atom is -0.484 e. The van der Waals surface area contributed by atoms with Gasteiger partial charge in [0.15, 0.2) is 5.82 Å². The van der Waals surface area contributed by atoms with Crippen molar-refractivity contribution in [3.63, 3.8) is 0 Å². The lowest BCUT2D eigenvalue weighted by atomic mass is 10.1. The highest BCUT2D eigenvalue weighted by Gasteiger charge is 2.10. The largest absolute Gasteiger partial charge is 0.484 e. The third-order valence-electron chi connectivity index (χ3n) is 3.07. The van der Waals surface area contributed by atoms with Crippen molar-refractivity contribution in [3.05, 3.63) is 35.7 Å². The summed E-state index contributed by atoms with van der Waals surface area (Å²) in [7, 11) is 0. The molecule has 114 valence electrons. The zero-order valence-electron chi connectivity index (χ0n) is 12.9. The maximum atomic E-state index is 5.88. The molecule has 2 heterocycles. The van der Waals surface area contributed by atoms with Gasteiger partial charge in [-0.1, -0.05) is 6.92 Å². The van der Waals surface area contributed by atoms with Gasteiger partial charge in [0.05, 0.1) is 5.69 Å². The van der Waals surface area contributed by atoms with Crippen LogP contribution in [0.3, 0.4) is 0 Å². The van der Waals surface area contributed by atoms with Crippen LogP contribution in [0, 0.1) is 6.92 Å². The van der Waals surface area contributed by atoms with Gasteiger partial charge in [-0.2, -0.15) is 5.10 Å². The number of hydrogen-bond donors (Lipinski definition) is 1. The third-order valence-corrected chi connectivity index (χ3v) is 3.07. The maximum Gasteiger partial charge on any atom is 0.164 e. The van der Waals surface area contributed by atoms with E-state index >= 15 is 0 Å². The number of ether oxygens (including phenoxy) is 1. The van der Waals surface area contributed by atoms with Gasteiger partial charge in [-0.25, -0.2) is 9.67 Å². The van der Waals surface area contributed by atoms with E-state index in [-0.39, 0.29) is 6.04 Å². The molecule has 2 aromatic rings. The van der Waals surface area contributed by atoms with E-state index in [1.165, 1.54) is 0 Å². The van der Waals surface area contributed by atoms with Crippen LogP contribution in [-0.2, 0) is 19.6 Å². The molecular weight excluding hydrogens is 266 g/mol. The molecule has 0 amide bonds. The van der Waals surface area contributed by atoms with Crippen molar-refractivity contribution >= 4 is 0 Å². The Bertz CT molecular complexity index is 579. The van der Waals surface area contributed by atoms with Gasteiger partial charge >= 0.3 is 0 Å². The predicted molar refractivity (Wildman–Crippen MR) is 81.0 cm³/mol. The zero-order valence-corrected chi connectivity index (χ0v) is 12.9. The molecule has 0 aliphatic rings. The summed E-state index contributed by atoms with van der Waals surface area (Å²) in [5.74, 6) is 1.59. The Kier molecular flexibility index (Phi) is 5.27. The molecule has 0 saturated heterocycles. The summed E-state index contributed by atoms with van der Waals surface area (Å²) >= 11 is 0. The van der Waals surface area contributed by atoms with E-state index in [2.05, 4.69) is 22.0 Å². The molecule has 6 heteroatoms. The molecule has 1 unspecified atom stereocenters. The van der Waals surface area contributed by atoms with Crippen LogP contribution in [0.4, 0.5) is 0 Å². The quantitative estimate of drug-likeness (QED) is 0.841. The Morgan fingerprint density at radius 1 is 1.38 bits per heavy atom. The van der Waals surface area contributed by atoms with Crippen molar-refractivity contribution in [2.75, 3.05) is 0 Å². The monoisotopic (exact) mass is 289 g/mol. The molecule has 0 radical (unpaired) electrons. The van der Waals surface area contributed by atoms with Crippen LogP contribution in [0.15, 0.2) is 18.5 Å². The van der Waals surface area contributed by atoms with Crippen LogP contribution < -0.4 is 10.5 Å². The van der Waals surface area contributed by atoms with E-state index in [9.17, 15) is 0 Å². The Morgan fingerprint density at radius 3 is 2.90 bits per heavy atom. The molecule has 2 rings (SSSR count). The number of aromatic nitrogens is 4. The van der Waals surface area contributed by atoms with Crippen molar-refractivity contribution in [3.8, 4) is 5.75 Å². The molecule has 0 saturated carbocycles. The van der Waals surface area contributed by atoms with Crippen molar-refractivity contribution < 1.29 is 4.74 Å². The third kappa shape index (κ3) is 4.26. The van der Waals surface area contributed by atoms with Crippen LogP contribution in [0.5, 0.6) is 5.75 Å². The summed E-state index contributed by atoms with van der Waals surface area (Å²) in [6, 6.07) is 3.93. The second kappa shape index (κ2) is 7.17. The number of nitrogens with two attached hydrogens (primary N) is 1. The molecule has 2 N–H and O–H groups in total. The van der Waals surface area contributed by atoms with Crippen LogP contribution in [0.25, 0.3) is 0 Å². The van der Waals surface area contributed by atoms with Crippen LogP contribution in [-0.4, -0.2) is 25.8 Å². The van der Waals surface area contributed by atoms with Gasteiger partial charge in [0, 0.05) is 24.7 Å². The standard InChI is InChI=1S/C15H23N5O/c1-4-7-20-15(17-10-18-20)9-21-14-6-5-12(3)19-13(14)8-11(2)16/h5-6,10-11H,4,7-9,16H2,1-3H3. The normalized spacial score (nSPS) is 12.4. The Hall–Kier alpha value is -1.95. The number of rotatable bonds is 7. The molecule has 1 atom stereocenters. The predicted octanol–water partition coefficient (Wildman–Crippen LogP) is 1.86. The van der Waals surface area contributed by atoms with Crippen molar-refractivity contribution in [2.24, 2.45) is 5.73 Å². The van der Waals surface area contributed by atoms with Crippen LogP contribution in [0.1, 0.15) is 37.5 Å². The second-order valence-corrected chi connectivity index (χ2v) is 5.27. The molecule has 0 bridgehead atoms. The Labute approximate surface area is 125 Å². The van der Waals surface area contributed by atoms with E-state index in [0.717, 1.165) is 35.9 Å². The minimum absolute atomic E-state index is 0.0467. The Balaban J connectivity index is 2.10. The SMILES string of the molecule is CCCn1ncnc1COc1ccc(C)nc1CC(C)N. The zero-order chi connectivity index (χ0) is 15.2. The summed E-state index contributed by atoms with van der Waals surface area (Å²) in [5, 5.41) is 4.19. The van der Waals surface area contributed by atoms with Gasteiger partial charge in [0.1, 0.15) is 18.7 Å². The van der Waals surface area contributed by atoms with Gasteiger partial charge in [-0.3, -0.25) is 4.98 Å². The van der Waals surface area contributed by atoms with Gasteiger partial charge in [0.25, 0.3) is 0 Å². The van der Waals surface area contributed by atoms with E-state index in [0.29, 0.717) is 13.0 Å². The van der Waals surface area contributed by atoms with Crippen molar-refractivity contribution in [2.45, 2.75) is 52.8 Å². The van der Waals surface area contributed by atoms with E-state index in [1.54, 1.807) is 6.33 Å². The first-order chi connectivity index (χ1) is 10.1. The first-order valence-electron chi connectivity index (χ1n) is 7.31. The average molecular weight is 289 g/mol. The first-order valence-corrected chi connectivity index (χ1v) is 7.31. The fraction of sp³-hybridized carbons (Fsp3) is 0.533. The molecule has 0 spiro atoms. The summed E-state index contributed by atoms with van der Waals surface area (Å²) < 4.78 is 7.75. The summed E-state index contributed by atoms with van der Waals surface area (Å²) in [5.41, 5.74) is 7.74. The lowest BCUT2D eigenvalue weighted by molar-refractivity contribution is 0.281. The van der Waals surface area contributed by atoms with Gasteiger partial charge in [-0.05, 0) is 32.4 Å². The highest BCUT2D eigenvalue weighted by molar-refractivity contribution is 5.30. The number of pyridine rings is 1. The van der Waals surface area contributed by atoms with E-state index in [1.807, 2.05) is 30.7 Å². The fourth-order valence-corrected chi connectivity index (χ4v) is 2.12. The lowest BCUT2D eigenvalue weighted by Gasteiger charge is -2.13. The van der Waals surface area contributed by atoms with E-state index < -0.39 is 0 Å². The molecule has 0 aliphatic heterocycles. The first kappa shape index (κ1) is 15.4. The molecule has 2 aromatic heterocycles. The highest BCUT2D eigenvalue weighted by atomic mass is 16.5. The molecule has 0 fully saturated rings. The topological polar surface area (TPSA) is 78.8 Å². The number of nitrogens with zero attached hydrogens (tertiary/aromatic N) is 4. The lowest BCUT2D eigenvalue weighted by Crippen LogP contribution is -2.19. The van der Waals surface area contributed by atoms with Gasteiger partial charge in [-0.15, -0.1) is 0 Å². The molecule has 0 aromatic carbocycles. The highest BCUT2D eigenvalue weighted by Crippen LogP contribution is 2.19. The average Bonchev–Trinajstić information content (AvgIpc) is 2.85. The maximum absolute atomic E-state index is 5.88. The van der Waals surface area contributed by atoms with Crippen molar-refractivity contribution in [1.29, 1.82) is 0 Å². The molecular formula is C15H23N5O. The summed E-state index contributed by atoms with van der Waals surface area (Å²) in [6.07, 6.45) is 3.27. The molecule has 6 nitrogen and oxygen atoms in total. The van der Waals surface area contributed by atoms with E-state index in [4.69, 9.17) is 10.5 Å². The summed E-state index contributed by atoms with van der Waals surface area (Å²) in [6.45, 7) is 7.27. The molecule has 21 heavy (non-hydrogen) atoms. The minimum atomic E-state index is 0.0467. The Morgan fingerprint density at radius 2 is 2.19 bits per heavy atom. The molecule has 0 aliphatic carbocycles. The van der Waals surface area contributed by atoms with Gasteiger partial charge in [0.2, 0.25) is 0 Å². The number of hydrogen-bond acceptors (Lipinski definition) is 5.